The standard InChI is InChI=1S/C19H20N2O4/c1-25-16-5-2-4-15(18(16)23)19(24)20-12-13-7-9-14(10-8-13)21-11-3-6-17(21)22/h2,4-5,7-10,23H,3,6,11-12H2,1H3,(H,20,24). The van der Waals surface area contributed by atoms with Crippen molar-refractivity contribution in [2.24, 2.45) is 0 Å². The Hall–Kier alpha value is -3.02. The Morgan fingerprint density at radius 1 is 1.24 bits per heavy atom. The van der Waals surface area contributed by atoms with E-state index in [2.05, 4.69) is 5.32 Å². The number of amides is 2. The molecule has 0 saturated carbocycles. The molecule has 0 atom stereocenters. The summed E-state index contributed by atoms with van der Waals surface area (Å²) >= 11 is 0. The lowest BCUT2D eigenvalue weighted by atomic mass is 10.1. The van der Waals surface area contributed by atoms with Crippen LogP contribution in [-0.4, -0.2) is 30.6 Å². The number of hydrogen-bond donors (Lipinski definition) is 2. The zero-order chi connectivity index (χ0) is 17.8. The number of phenols is 1. The van der Waals surface area contributed by atoms with E-state index in [-0.39, 0.29) is 28.9 Å². The van der Waals surface area contributed by atoms with Crippen molar-refractivity contribution >= 4 is 17.5 Å². The molecule has 1 fully saturated rings. The molecule has 0 unspecified atom stereocenters. The number of nitrogens with zero attached hydrogens (tertiary/aromatic N) is 1. The molecule has 6 heteroatoms. The number of para-hydroxylation sites is 1. The van der Waals surface area contributed by atoms with Gasteiger partial charge in [-0.25, -0.2) is 0 Å². The van der Waals surface area contributed by atoms with Gasteiger partial charge in [0.2, 0.25) is 5.91 Å². The fraction of sp³-hybridized carbons (Fsp3) is 0.263. The second kappa shape index (κ2) is 7.25. The van der Waals surface area contributed by atoms with Crippen molar-refractivity contribution in [1.82, 2.24) is 5.32 Å². The zero-order valence-electron chi connectivity index (χ0n) is 14.0. The Balaban J connectivity index is 1.63. The van der Waals surface area contributed by atoms with E-state index in [1.807, 2.05) is 24.3 Å². The van der Waals surface area contributed by atoms with E-state index in [9.17, 15) is 14.7 Å². The maximum Gasteiger partial charge on any atom is 0.255 e. The van der Waals surface area contributed by atoms with Crippen LogP contribution in [0.5, 0.6) is 11.5 Å². The summed E-state index contributed by atoms with van der Waals surface area (Å²) in [5.41, 5.74) is 1.95. The van der Waals surface area contributed by atoms with Gasteiger partial charge in [-0.1, -0.05) is 18.2 Å². The largest absolute Gasteiger partial charge is 0.504 e. The number of carbonyl (C=O) groups excluding carboxylic acids is 2. The van der Waals surface area contributed by atoms with Gasteiger partial charge in [-0.3, -0.25) is 9.59 Å². The third-order valence-corrected chi connectivity index (χ3v) is 4.24. The third kappa shape index (κ3) is 3.57. The molecule has 1 aliphatic rings. The van der Waals surface area contributed by atoms with Crippen molar-refractivity contribution in [3.63, 3.8) is 0 Å². The molecule has 0 aliphatic carbocycles. The van der Waals surface area contributed by atoms with Crippen LogP contribution in [0.4, 0.5) is 5.69 Å². The number of nitrogens with one attached hydrogen (secondary N) is 1. The van der Waals surface area contributed by atoms with Gasteiger partial charge < -0.3 is 20.1 Å². The monoisotopic (exact) mass is 340 g/mol. The van der Waals surface area contributed by atoms with Crippen LogP contribution < -0.4 is 15.0 Å². The Bertz CT molecular complexity index is 787. The van der Waals surface area contributed by atoms with E-state index < -0.39 is 0 Å². The molecule has 1 saturated heterocycles. The first-order valence-electron chi connectivity index (χ1n) is 8.13. The Kier molecular flexibility index (Phi) is 4.88. The normalized spacial score (nSPS) is 13.8. The number of methoxy groups -OCH3 is 1. The van der Waals surface area contributed by atoms with Crippen LogP contribution in [0.2, 0.25) is 0 Å². The Morgan fingerprint density at radius 2 is 2.00 bits per heavy atom. The van der Waals surface area contributed by atoms with Gasteiger partial charge in [0.1, 0.15) is 0 Å². The average Bonchev–Trinajstić information content (AvgIpc) is 3.06. The van der Waals surface area contributed by atoms with Crippen LogP contribution in [0.15, 0.2) is 42.5 Å². The fourth-order valence-electron chi connectivity index (χ4n) is 2.86. The van der Waals surface area contributed by atoms with Crippen molar-refractivity contribution in [3.8, 4) is 11.5 Å². The summed E-state index contributed by atoms with van der Waals surface area (Å²) in [6.45, 7) is 1.08. The summed E-state index contributed by atoms with van der Waals surface area (Å²) in [5.74, 6) is -0.151. The van der Waals surface area contributed by atoms with Crippen molar-refractivity contribution in [2.45, 2.75) is 19.4 Å². The van der Waals surface area contributed by atoms with Crippen LogP contribution in [0.1, 0.15) is 28.8 Å². The van der Waals surface area contributed by atoms with Gasteiger partial charge in [0.15, 0.2) is 11.5 Å². The highest BCUT2D eigenvalue weighted by Gasteiger charge is 2.21. The molecule has 1 heterocycles. The Labute approximate surface area is 146 Å². The lowest BCUT2D eigenvalue weighted by Crippen LogP contribution is -2.24. The van der Waals surface area contributed by atoms with Gasteiger partial charge >= 0.3 is 0 Å². The second-order valence-corrected chi connectivity index (χ2v) is 5.85. The molecule has 2 N–H and O–H groups in total. The minimum Gasteiger partial charge on any atom is -0.504 e. The zero-order valence-corrected chi connectivity index (χ0v) is 14.0. The molecule has 2 amide bonds. The quantitative estimate of drug-likeness (QED) is 0.876. The van der Waals surface area contributed by atoms with E-state index in [0.717, 1.165) is 24.2 Å². The molecule has 0 aromatic heterocycles. The van der Waals surface area contributed by atoms with Crippen molar-refractivity contribution in [2.75, 3.05) is 18.6 Å². The van der Waals surface area contributed by atoms with Crippen LogP contribution >= 0.6 is 0 Å². The van der Waals surface area contributed by atoms with Gasteiger partial charge in [-0.15, -0.1) is 0 Å². The van der Waals surface area contributed by atoms with E-state index in [1.165, 1.54) is 13.2 Å². The van der Waals surface area contributed by atoms with Gasteiger partial charge in [0, 0.05) is 25.2 Å². The first kappa shape index (κ1) is 16.8. The highest BCUT2D eigenvalue weighted by atomic mass is 16.5. The maximum atomic E-state index is 12.2. The summed E-state index contributed by atoms with van der Waals surface area (Å²) in [6.07, 6.45) is 1.49. The topological polar surface area (TPSA) is 78.9 Å². The molecule has 2 aromatic carbocycles. The van der Waals surface area contributed by atoms with E-state index in [4.69, 9.17) is 4.74 Å². The fourth-order valence-corrected chi connectivity index (χ4v) is 2.86. The molecule has 0 bridgehead atoms. The summed E-state index contributed by atoms with van der Waals surface area (Å²) < 4.78 is 5.01. The molecule has 0 radical (unpaired) electrons. The van der Waals surface area contributed by atoms with E-state index in [1.54, 1.807) is 17.0 Å². The average molecular weight is 340 g/mol. The maximum absolute atomic E-state index is 12.2. The number of ether oxygens (including phenoxy) is 1. The minimum atomic E-state index is -0.379. The molecular formula is C19H20N2O4. The summed E-state index contributed by atoms with van der Waals surface area (Å²) in [7, 11) is 1.43. The molecule has 0 spiro atoms. The lowest BCUT2D eigenvalue weighted by Gasteiger charge is -2.16. The van der Waals surface area contributed by atoms with Gasteiger partial charge in [-0.05, 0) is 36.2 Å². The predicted octanol–water partition coefficient (Wildman–Crippen LogP) is 2.46. The van der Waals surface area contributed by atoms with Crippen LogP contribution in [0.3, 0.4) is 0 Å². The first-order chi connectivity index (χ1) is 12.1. The predicted molar refractivity (Wildman–Crippen MR) is 93.9 cm³/mol. The summed E-state index contributed by atoms with van der Waals surface area (Å²) in [5, 5.41) is 12.8. The minimum absolute atomic E-state index is 0.148. The molecule has 1 aliphatic heterocycles. The number of aromatic hydroxyl groups is 1. The second-order valence-electron chi connectivity index (χ2n) is 5.85. The SMILES string of the molecule is COc1cccc(C(=O)NCc2ccc(N3CCCC3=O)cc2)c1O. The summed E-state index contributed by atoms with van der Waals surface area (Å²) in [6, 6.07) is 12.3. The molecular weight excluding hydrogens is 320 g/mol. The van der Waals surface area contributed by atoms with Gasteiger partial charge in [0.25, 0.3) is 5.91 Å². The molecule has 6 nitrogen and oxygen atoms in total. The molecule has 25 heavy (non-hydrogen) atoms. The van der Waals surface area contributed by atoms with Gasteiger partial charge in [0.05, 0.1) is 12.7 Å². The van der Waals surface area contributed by atoms with Crippen LogP contribution in [0, 0.1) is 0 Å². The Morgan fingerprint density at radius 3 is 2.64 bits per heavy atom. The number of carbonyl (C=O) groups is 2. The van der Waals surface area contributed by atoms with Crippen LogP contribution in [0.25, 0.3) is 0 Å². The highest BCUT2D eigenvalue weighted by molar-refractivity contribution is 5.97. The smallest absolute Gasteiger partial charge is 0.255 e. The number of rotatable bonds is 5. The van der Waals surface area contributed by atoms with E-state index in [0.29, 0.717) is 13.0 Å². The number of benzene rings is 2. The molecule has 130 valence electrons. The van der Waals surface area contributed by atoms with Crippen molar-refractivity contribution in [1.29, 1.82) is 0 Å². The lowest BCUT2D eigenvalue weighted by molar-refractivity contribution is -0.117. The molecule has 3 rings (SSSR count). The van der Waals surface area contributed by atoms with Crippen molar-refractivity contribution < 1.29 is 19.4 Å². The third-order valence-electron chi connectivity index (χ3n) is 4.24. The van der Waals surface area contributed by atoms with E-state index >= 15 is 0 Å². The summed E-state index contributed by atoms with van der Waals surface area (Å²) in [4.78, 5) is 25.8. The molecule has 2 aromatic rings. The first-order valence-corrected chi connectivity index (χ1v) is 8.13. The van der Waals surface area contributed by atoms with Crippen LogP contribution in [-0.2, 0) is 11.3 Å². The van der Waals surface area contributed by atoms with Gasteiger partial charge in [-0.2, -0.15) is 0 Å². The number of anilines is 1. The number of hydrogen-bond acceptors (Lipinski definition) is 4. The highest BCUT2D eigenvalue weighted by Crippen LogP contribution is 2.29. The van der Waals surface area contributed by atoms with Crippen molar-refractivity contribution in [3.05, 3.63) is 53.6 Å². The number of phenolic OH excluding ortho intramolecular Hbond substituents is 1.